The van der Waals surface area contributed by atoms with Crippen molar-refractivity contribution >= 4 is 15.7 Å². The number of hydrogen-bond donors (Lipinski definition) is 1. The zero-order valence-corrected chi connectivity index (χ0v) is 17.3. The van der Waals surface area contributed by atoms with Crippen LogP contribution in [0.15, 0.2) is 70.0 Å². The number of carbonyl (C=O) groups excluding carboxylic acids is 1. The summed E-state index contributed by atoms with van der Waals surface area (Å²) in [5, 5.41) is 11.9. The fraction of sp³-hybridized carbons (Fsp3) is 0.182. The van der Waals surface area contributed by atoms with Crippen LogP contribution in [-0.4, -0.2) is 20.6 Å². The Morgan fingerprint density at radius 3 is 2.50 bits per heavy atom. The number of nitrogens with one attached hydrogen (secondary N) is 1. The van der Waals surface area contributed by atoms with E-state index in [0.29, 0.717) is 17.1 Å². The van der Waals surface area contributed by atoms with Crippen LogP contribution in [0.25, 0.3) is 0 Å². The molecule has 0 aliphatic rings. The van der Waals surface area contributed by atoms with Crippen molar-refractivity contribution in [3.63, 3.8) is 0 Å². The van der Waals surface area contributed by atoms with Crippen molar-refractivity contribution in [2.45, 2.75) is 24.5 Å². The third-order valence-corrected chi connectivity index (χ3v) is 5.55. The van der Waals surface area contributed by atoms with Gasteiger partial charge in [-0.25, -0.2) is 8.42 Å². The monoisotopic (exact) mass is 424 g/mol. The van der Waals surface area contributed by atoms with Gasteiger partial charge in [0.2, 0.25) is 0 Å². The number of carbonyl (C=O) groups is 1. The van der Waals surface area contributed by atoms with Crippen molar-refractivity contribution in [2.75, 3.05) is 6.26 Å². The van der Waals surface area contributed by atoms with Gasteiger partial charge in [0, 0.05) is 6.26 Å². The molecule has 1 aromatic heterocycles. The van der Waals surface area contributed by atoms with Gasteiger partial charge in [0.1, 0.15) is 24.2 Å². The largest absolute Gasteiger partial charge is 0.484 e. The van der Waals surface area contributed by atoms with E-state index in [1.54, 1.807) is 55.5 Å². The molecule has 8 heteroatoms. The number of benzene rings is 2. The van der Waals surface area contributed by atoms with Gasteiger partial charge in [0.25, 0.3) is 5.91 Å². The lowest BCUT2D eigenvalue weighted by Crippen LogP contribution is -2.26. The van der Waals surface area contributed by atoms with Crippen molar-refractivity contribution in [1.82, 2.24) is 5.32 Å². The smallest absolute Gasteiger partial charge is 0.287 e. The average molecular weight is 424 g/mol. The van der Waals surface area contributed by atoms with E-state index < -0.39 is 15.7 Å². The lowest BCUT2D eigenvalue weighted by Gasteiger charge is -2.13. The zero-order valence-electron chi connectivity index (χ0n) is 16.5. The Morgan fingerprint density at radius 2 is 1.83 bits per heavy atom. The second-order valence-corrected chi connectivity index (χ2v) is 8.71. The van der Waals surface area contributed by atoms with Gasteiger partial charge in [-0.05, 0) is 48.9 Å². The number of nitrogens with zero attached hydrogens (tertiary/aromatic N) is 1. The highest BCUT2D eigenvalue weighted by Crippen LogP contribution is 2.20. The number of ether oxygens (including phenoxy) is 1. The first-order valence-electron chi connectivity index (χ1n) is 9.09. The summed E-state index contributed by atoms with van der Waals surface area (Å²) in [6.45, 7) is 1.87. The van der Waals surface area contributed by atoms with Crippen LogP contribution in [0.3, 0.4) is 0 Å². The van der Waals surface area contributed by atoms with E-state index in [2.05, 4.69) is 11.4 Å². The van der Waals surface area contributed by atoms with Crippen LogP contribution in [-0.2, 0) is 16.4 Å². The van der Waals surface area contributed by atoms with Crippen molar-refractivity contribution < 1.29 is 22.4 Å². The van der Waals surface area contributed by atoms with Crippen LogP contribution in [0.5, 0.6) is 5.75 Å². The Labute approximate surface area is 174 Å². The van der Waals surface area contributed by atoms with Crippen molar-refractivity contribution in [2.24, 2.45) is 0 Å². The fourth-order valence-corrected chi connectivity index (χ4v) is 3.40. The van der Waals surface area contributed by atoms with Gasteiger partial charge in [0.15, 0.2) is 15.6 Å². The summed E-state index contributed by atoms with van der Waals surface area (Å²) in [6.07, 6.45) is 1.14. The van der Waals surface area contributed by atoms with E-state index in [9.17, 15) is 13.2 Å². The fourth-order valence-electron chi connectivity index (χ4n) is 2.77. The lowest BCUT2D eigenvalue weighted by atomic mass is 10.1. The number of nitriles is 1. The number of para-hydroxylation sites is 1. The van der Waals surface area contributed by atoms with E-state index in [4.69, 9.17) is 14.4 Å². The summed E-state index contributed by atoms with van der Waals surface area (Å²) in [4.78, 5) is 12.7. The third-order valence-electron chi connectivity index (χ3n) is 4.42. The molecule has 30 heavy (non-hydrogen) atoms. The van der Waals surface area contributed by atoms with Crippen molar-refractivity contribution in [3.05, 3.63) is 83.3 Å². The van der Waals surface area contributed by atoms with Crippen LogP contribution < -0.4 is 10.1 Å². The topological polar surface area (TPSA) is 109 Å². The highest BCUT2D eigenvalue weighted by molar-refractivity contribution is 7.90. The van der Waals surface area contributed by atoms with Crippen LogP contribution in [0.4, 0.5) is 0 Å². The standard InChI is InChI=1S/C22H20N2O5S/c1-15(16-7-10-19(11-8-16)30(2,26)27)24-22(25)21-12-9-18(29-21)14-28-20-6-4-3-5-17(20)13-23/h3-12,15H,14H2,1-2H3,(H,24,25). The molecule has 1 unspecified atom stereocenters. The molecule has 1 N–H and O–H groups in total. The van der Waals surface area contributed by atoms with E-state index in [0.717, 1.165) is 11.8 Å². The summed E-state index contributed by atoms with van der Waals surface area (Å²) in [5.74, 6) is 0.603. The molecule has 154 valence electrons. The molecule has 1 atom stereocenters. The molecule has 1 amide bonds. The van der Waals surface area contributed by atoms with Gasteiger partial charge in [0.05, 0.1) is 16.5 Å². The van der Waals surface area contributed by atoms with Gasteiger partial charge < -0.3 is 14.5 Å². The second kappa shape index (κ2) is 8.84. The Hall–Kier alpha value is -3.57. The first kappa shape index (κ1) is 21.1. The maximum atomic E-state index is 12.5. The molecule has 2 aromatic carbocycles. The zero-order chi connectivity index (χ0) is 21.7. The first-order chi connectivity index (χ1) is 14.3. The number of hydrogen-bond acceptors (Lipinski definition) is 6. The molecule has 7 nitrogen and oxygen atoms in total. The highest BCUT2D eigenvalue weighted by atomic mass is 32.2. The average Bonchev–Trinajstić information content (AvgIpc) is 3.21. The molecule has 0 saturated carbocycles. The Kier molecular flexibility index (Phi) is 6.23. The molecule has 3 aromatic rings. The summed E-state index contributed by atoms with van der Waals surface area (Å²) < 4.78 is 34.2. The van der Waals surface area contributed by atoms with Crippen LogP contribution in [0.1, 0.15) is 40.4 Å². The van der Waals surface area contributed by atoms with E-state index in [1.807, 2.05) is 0 Å². The molecule has 0 bridgehead atoms. The van der Waals surface area contributed by atoms with Gasteiger partial charge in [-0.3, -0.25) is 4.79 Å². The molecule has 0 fully saturated rings. The van der Waals surface area contributed by atoms with Crippen LogP contribution >= 0.6 is 0 Å². The molecular formula is C22H20N2O5S. The Morgan fingerprint density at radius 1 is 1.13 bits per heavy atom. The summed E-state index contributed by atoms with van der Waals surface area (Å²) >= 11 is 0. The predicted octanol–water partition coefficient (Wildman–Crippen LogP) is 3.62. The van der Waals surface area contributed by atoms with E-state index in [-0.39, 0.29) is 23.3 Å². The quantitative estimate of drug-likeness (QED) is 0.620. The molecule has 0 spiro atoms. The van der Waals surface area contributed by atoms with Gasteiger partial charge in [-0.2, -0.15) is 5.26 Å². The maximum absolute atomic E-state index is 12.5. The Bertz CT molecular complexity index is 1190. The third kappa shape index (κ3) is 5.07. The van der Waals surface area contributed by atoms with Crippen molar-refractivity contribution in [3.8, 4) is 11.8 Å². The highest BCUT2D eigenvalue weighted by Gasteiger charge is 2.16. The van der Waals surface area contributed by atoms with Crippen LogP contribution in [0.2, 0.25) is 0 Å². The Balaban J connectivity index is 1.61. The number of sulfone groups is 1. The maximum Gasteiger partial charge on any atom is 0.287 e. The molecule has 1 heterocycles. The number of furan rings is 1. The van der Waals surface area contributed by atoms with E-state index in [1.165, 1.54) is 12.1 Å². The molecule has 0 aliphatic heterocycles. The van der Waals surface area contributed by atoms with Gasteiger partial charge >= 0.3 is 0 Å². The van der Waals surface area contributed by atoms with Gasteiger partial charge in [-0.15, -0.1) is 0 Å². The molecule has 3 rings (SSSR count). The second-order valence-electron chi connectivity index (χ2n) is 6.70. The minimum Gasteiger partial charge on any atom is -0.484 e. The normalized spacial score (nSPS) is 12.0. The molecule has 0 saturated heterocycles. The SMILES string of the molecule is CC(NC(=O)c1ccc(COc2ccccc2C#N)o1)c1ccc(S(C)(=O)=O)cc1. The van der Waals surface area contributed by atoms with Gasteiger partial charge in [-0.1, -0.05) is 24.3 Å². The van der Waals surface area contributed by atoms with Crippen LogP contribution in [0, 0.1) is 11.3 Å². The van der Waals surface area contributed by atoms with Crippen molar-refractivity contribution in [1.29, 1.82) is 5.26 Å². The molecule has 0 aliphatic carbocycles. The summed E-state index contributed by atoms with van der Waals surface area (Å²) in [5.41, 5.74) is 1.18. The predicted molar refractivity (Wildman–Crippen MR) is 110 cm³/mol. The first-order valence-corrected chi connectivity index (χ1v) is 11.0. The lowest BCUT2D eigenvalue weighted by molar-refractivity contribution is 0.0907. The van der Waals surface area contributed by atoms with E-state index >= 15 is 0 Å². The minimum absolute atomic E-state index is 0.0779. The summed E-state index contributed by atoms with van der Waals surface area (Å²) in [7, 11) is -3.27. The minimum atomic E-state index is -3.27. The number of amides is 1. The number of rotatable bonds is 7. The molecular weight excluding hydrogens is 404 g/mol. The summed E-state index contributed by atoms with van der Waals surface area (Å²) in [6, 6.07) is 18.1. The molecule has 0 radical (unpaired) electrons.